The van der Waals surface area contributed by atoms with Gasteiger partial charge < -0.3 is 5.73 Å². The zero-order valence-electron chi connectivity index (χ0n) is 10.4. The van der Waals surface area contributed by atoms with Crippen LogP contribution >= 0.6 is 0 Å². The Hall–Kier alpha value is -1.98. The van der Waals surface area contributed by atoms with Gasteiger partial charge in [0.1, 0.15) is 12.4 Å². The van der Waals surface area contributed by atoms with Crippen LogP contribution in [0.3, 0.4) is 0 Å². The number of imidazole rings is 1. The molecule has 0 unspecified atom stereocenters. The predicted molar refractivity (Wildman–Crippen MR) is 65.0 cm³/mol. The van der Waals surface area contributed by atoms with Crippen molar-refractivity contribution in [2.24, 2.45) is 7.05 Å². The second-order valence-electron chi connectivity index (χ2n) is 3.96. The Morgan fingerprint density at radius 3 is 2.41 bits per heavy atom. The molecule has 2 heterocycles. The maximum absolute atomic E-state index is 12.0. The van der Waals surface area contributed by atoms with E-state index in [0.717, 1.165) is 5.82 Å². The van der Waals surface area contributed by atoms with Crippen molar-refractivity contribution in [3.05, 3.63) is 29.1 Å². The number of hydrogen-bond donors (Lipinski definition) is 1. The zero-order chi connectivity index (χ0) is 12.6. The Bertz CT molecular complexity index is 590. The van der Waals surface area contributed by atoms with Gasteiger partial charge in [-0.15, -0.1) is 0 Å². The summed E-state index contributed by atoms with van der Waals surface area (Å²) >= 11 is 0. The van der Waals surface area contributed by atoms with Gasteiger partial charge in [-0.2, -0.15) is 4.57 Å². The van der Waals surface area contributed by atoms with Crippen LogP contribution in [0.25, 0.3) is 5.82 Å². The molecule has 0 atom stereocenters. The van der Waals surface area contributed by atoms with E-state index in [9.17, 15) is 4.79 Å². The Morgan fingerprint density at radius 2 is 1.94 bits per heavy atom. The molecular formula is C11H18N5O+. The Balaban J connectivity index is 2.73. The molecule has 0 amide bonds. The SMILES string of the molecule is CCn1c(-n2cc[n+](C)c2)c(N)c(=O)n1CC. The summed E-state index contributed by atoms with van der Waals surface area (Å²) in [5.74, 6) is 0.736. The van der Waals surface area contributed by atoms with Crippen LogP contribution in [0.1, 0.15) is 13.8 Å². The molecule has 2 rings (SSSR count). The number of rotatable bonds is 3. The second-order valence-corrected chi connectivity index (χ2v) is 3.96. The largest absolute Gasteiger partial charge is 0.389 e. The molecule has 0 spiro atoms. The van der Waals surface area contributed by atoms with Crippen LogP contribution in [0.2, 0.25) is 0 Å². The van der Waals surface area contributed by atoms with Crippen LogP contribution in [0.4, 0.5) is 5.69 Å². The average Bonchev–Trinajstić information content (AvgIpc) is 2.82. The molecule has 6 nitrogen and oxygen atoms in total. The minimum atomic E-state index is -0.124. The van der Waals surface area contributed by atoms with E-state index in [1.54, 1.807) is 4.68 Å². The number of aryl methyl sites for hydroxylation is 1. The van der Waals surface area contributed by atoms with E-state index in [4.69, 9.17) is 5.73 Å². The minimum Gasteiger partial charge on any atom is -0.389 e. The monoisotopic (exact) mass is 236 g/mol. The maximum atomic E-state index is 12.0. The van der Waals surface area contributed by atoms with Crippen molar-refractivity contribution in [1.29, 1.82) is 0 Å². The van der Waals surface area contributed by atoms with E-state index in [0.29, 0.717) is 18.8 Å². The molecule has 0 aliphatic carbocycles. The van der Waals surface area contributed by atoms with E-state index in [1.807, 2.05) is 53.4 Å². The summed E-state index contributed by atoms with van der Waals surface area (Å²) in [4.78, 5) is 12.0. The number of nitrogen functional groups attached to an aromatic ring is 1. The highest BCUT2D eigenvalue weighted by Gasteiger charge is 2.21. The molecule has 17 heavy (non-hydrogen) atoms. The van der Waals surface area contributed by atoms with Crippen LogP contribution in [0.15, 0.2) is 23.5 Å². The lowest BCUT2D eigenvalue weighted by Gasteiger charge is -2.08. The highest BCUT2D eigenvalue weighted by atomic mass is 16.1. The van der Waals surface area contributed by atoms with Crippen molar-refractivity contribution < 1.29 is 4.57 Å². The molecule has 0 saturated carbocycles. The number of nitrogens with zero attached hydrogens (tertiary/aromatic N) is 4. The molecule has 0 aliphatic heterocycles. The van der Waals surface area contributed by atoms with E-state index in [2.05, 4.69) is 0 Å². The van der Waals surface area contributed by atoms with Crippen LogP contribution in [0, 0.1) is 0 Å². The third-order valence-electron chi connectivity index (χ3n) is 2.85. The Morgan fingerprint density at radius 1 is 1.29 bits per heavy atom. The van der Waals surface area contributed by atoms with Crippen molar-refractivity contribution in [2.75, 3.05) is 5.73 Å². The Labute approximate surface area is 99.5 Å². The zero-order valence-corrected chi connectivity index (χ0v) is 10.4. The van der Waals surface area contributed by atoms with Gasteiger partial charge in [-0.05, 0) is 13.8 Å². The number of aromatic nitrogens is 4. The summed E-state index contributed by atoms with van der Waals surface area (Å²) in [7, 11) is 1.93. The summed E-state index contributed by atoms with van der Waals surface area (Å²) in [5, 5.41) is 0. The van der Waals surface area contributed by atoms with Gasteiger partial charge in [0.2, 0.25) is 12.1 Å². The summed E-state index contributed by atoms with van der Waals surface area (Å²) in [6, 6.07) is 0. The lowest BCUT2D eigenvalue weighted by atomic mass is 10.5. The first-order chi connectivity index (χ1) is 8.10. The molecule has 0 bridgehead atoms. The van der Waals surface area contributed by atoms with Gasteiger partial charge in [-0.1, -0.05) is 0 Å². The fourth-order valence-corrected chi connectivity index (χ4v) is 2.08. The quantitative estimate of drug-likeness (QED) is 0.756. The summed E-state index contributed by atoms with van der Waals surface area (Å²) in [6.07, 6.45) is 5.68. The third kappa shape index (κ3) is 1.65. The summed E-state index contributed by atoms with van der Waals surface area (Å²) in [5.41, 5.74) is 6.08. The first kappa shape index (κ1) is 11.5. The van der Waals surface area contributed by atoms with E-state index in [1.165, 1.54) is 0 Å². The molecule has 0 saturated heterocycles. The van der Waals surface area contributed by atoms with Crippen molar-refractivity contribution >= 4 is 5.69 Å². The molecule has 0 fully saturated rings. The van der Waals surface area contributed by atoms with E-state index >= 15 is 0 Å². The lowest BCUT2D eigenvalue weighted by molar-refractivity contribution is -0.670. The minimum absolute atomic E-state index is 0.124. The van der Waals surface area contributed by atoms with Crippen molar-refractivity contribution in [3.8, 4) is 5.82 Å². The second kappa shape index (κ2) is 4.12. The fraction of sp³-hybridized carbons (Fsp3) is 0.455. The predicted octanol–water partition coefficient (Wildman–Crippen LogP) is -0.113. The van der Waals surface area contributed by atoms with Gasteiger partial charge in [0.25, 0.3) is 5.56 Å². The highest BCUT2D eigenvalue weighted by molar-refractivity contribution is 5.52. The van der Waals surface area contributed by atoms with Crippen LogP contribution in [0.5, 0.6) is 0 Å². The number of nitrogens with two attached hydrogens (primary N) is 1. The fourth-order valence-electron chi connectivity index (χ4n) is 2.08. The lowest BCUT2D eigenvalue weighted by Crippen LogP contribution is -2.24. The van der Waals surface area contributed by atoms with Crippen LogP contribution in [-0.2, 0) is 20.1 Å². The molecular weight excluding hydrogens is 218 g/mol. The summed E-state index contributed by atoms with van der Waals surface area (Å²) < 4.78 is 7.34. The van der Waals surface area contributed by atoms with Gasteiger partial charge in [0.05, 0.1) is 7.05 Å². The maximum Gasteiger partial charge on any atom is 0.294 e. The van der Waals surface area contributed by atoms with E-state index in [-0.39, 0.29) is 5.56 Å². The number of hydrogen-bond acceptors (Lipinski definition) is 2. The standard InChI is InChI=1S/C11H18N5O/c1-4-15-10(14-7-6-13(3)8-14)9(12)11(17)16(15)5-2/h6-8H,4-5,12H2,1-3H3/q+1. The van der Waals surface area contributed by atoms with Crippen molar-refractivity contribution in [2.45, 2.75) is 26.9 Å². The number of anilines is 1. The molecule has 92 valence electrons. The smallest absolute Gasteiger partial charge is 0.294 e. The first-order valence-corrected chi connectivity index (χ1v) is 5.72. The van der Waals surface area contributed by atoms with Gasteiger partial charge in [-0.3, -0.25) is 4.79 Å². The molecule has 6 heteroatoms. The van der Waals surface area contributed by atoms with Crippen LogP contribution in [-0.4, -0.2) is 13.9 Å². The van der Waals surface area contributed by atoms with Crippen molar-refractivity contribution in [1.82, 2.24) is 13.9 Å². The topological polar surface area (TPSA) is 61.8 Å². The third-order valence-corrected chi connectivity index (χ3v) is 2.85. The Kier molecular flexibility index (Phi) is 2.79. The first-order valence-electron chi connectivity index (χ1n) is 5.72. The van der Waals surface area contributed by atoms with Gasteiger partial charge in [-0.25, -0.2) is 13.9 Å². The van der Waals surface area contributed by atoms with E-state index < -0.39 is 0 Å². The molecule has 0 aromatic carbocycles. The molecule has 2 aromatic heterocycles. The van der Waals surface area contributed by atoms with Gasteiger partial charge >= 0.3 is 0 Å². The normalized spacial score (nSPS) is 11.0. The summed E-state index contributed by atoms with van der Waals surface area (Å²) in [6.45, 7) is 5.26. The van der Waals surface area contributed by atoms with Crippen molar-refractivity contribution in [3.63, 3.8) is 0 Å². The molecule has 2 N–H and O–H groups in total. The van der Waals surface area contributed by atoms with Crippen LogP contribution < -0.4 is 15.9 Å². The average molecular weight is 236 g/mol. The van der Waals surface area contributed by atoms with Gasteiger partial charge in [0, 0.05) is 13.1 Å². The molecule has 2 aromatic rings. The van der Waals surface area contributed by atoms with Gasteiger partial charge in [0.15, 0.2) is 5.69 Å². The molecule has 0 aliphatic rings. The highest BCUT2D eigenvalue weighted by Crippen LogP contribution is 2.13. The molecule has 0 radical (unpaired) electrons.